The molecule has 0 spiro atoms. The van der Waals surface area contributed by atoms with Crippen molar-refractivity contribution < 1.29 is 30.3 Å². The summed E-state index contributed by atoms with van der Waals surface area (Å²) in [5.41, 5.74) is 5.26. The molecule has 2 fully saturated rings. The first kappa shape index (κ1) is 22.8. The lowest BCUT2D eigenvalue weighted by Crippen LogP contribution is -2.61. The number of rotatable bonds is 7. The van der Waals surface area contributed by atoms with Crippen molar-refractivity contribution in [3.05, 3.63) is 0 Å². The van der Waals surface area contributed by atoms with Crippen molar-refractivity contribution in [2.75, 3.05) is 13.2 Å². The number of hydrogen-bond donors (Lipinski definition) is 6. The minimum absolute atomic E-state index is 0.378. The molecule has 7 N–H and O–H groups in total. The van der Waals surface area contributed by atoms with Crippen LogP contribution in [0.3, 0.4) is 0 Å². The monoisotopic (exact) mass is 363 g/mol. The van der Waals surface area contributed by atoms with Gasteiger partial charge in [-0.25, -0.2) is 0 Å². The normalized spacial score (nSPS) is 33.6. The van der Waals surface area contributed by atoms with Gasteiger partial charge in [0.2, 0.25) is 0 Å². The molecule has 1 aliphatic carbocycles. The summed E-state index contributed by atoms with van der Waals surface area (Å²) >= 11 is 0. The Morgan fingerprint density at radius 1 is 0.840 bits per heavy atom. The third kappa shape index (κ3) is 8.30. The first-order chi connectivity index (χ1) is 12.0. The lowest BCUT2D eigenvalue weighted by molar-refractivity contribution is -0.248. The van der Waals surface area contributed by atoms with Gasteiger partial charge in [-0.1, -0.05) is 57.8 Å². The van der Waals surface area contributed by atoms with Gasteiger partial charge in [0.15, 0.2) is 6.29 Å². The van der Waals surface area contributed by atoms with Crippen molar-refractivity contribution in [3.8, 4) is 0 Å². The van der Waals surface area contributed by atoms with Crippen LogP contribution in [0.1, 0.15) is 64.2 Å². The number of hydrogen-bond acceptors (Lipinski definition) is 7. The van der Waals surface area contributed by atoms with Crippen LogP contribution in [0, 0.1) is 5.92 Å². The Bertz CT molecular complexity index is 322. The van der Waals surface area contributed by atoms with Gasteiger partial charge in [-0.05, 0) is 12.3 Å². The summed E-state index contributed by atoms with van der Waals surface area (Å²) < 4.78 is 4.70. The lowest BCUT2D eigenvalue weighted by Gasteiger charge is -2.38. The number of ether oxygens (including phenoxy) is 1. The number of nitrogens with two attached hydrogens (primary N) is 1. The first-order valence-corrected chi connectivity index (χ1v) is 9.68. The summed E-state index contributed by atoms with van der Waals surface area (Å²) in [4.78, 5) is 0. The van der Waals surface area contributed by atoms with E-state index in [1.165, 1.54) is 57.8 Å². The minimum Gasteiger partial charge on any atom is -0.396 e. The average Bonchev–Trinajstić information content (AvgIpc) is 2.64. The molecule has 7 heteroatoms. The Hall–Kier alpha value is -0.280. The molecule has 0 aromatic carbocycles. The van der Waals surface area contributed by atoms with Gasteiger partial charge in [-0.15, -0.1) is 0 Å². The van der Waals surface area contributed by atoms with Crippen molar-refractivity contribution in [1.82, 2.24) is 0 Å². The molecular weight excluding hydrogens is 326 g/mol. The summed E-state index contributed by atoms with van der Waals surface area (Å²) in [5, 5.41) is 44.7. The van der Waals surface area contributed by atoms with E-state index in [1.807, 2.05) is 0 Å². The third-order valence-corrected chi connectivity index (χ3v) is 5.19. The molecule has 0 aromatic rings. The molecule has 2 rings (SSSR count). The van der Waals surface area contributed by atoms with E-state index < -0.39 is 37.3 Å². The second-order valence-corrected chi connectivity index (χ2v) is 7.24. The molecule has 0 radical (unpaired) electrons. The molecule has 1 heterocycles. The van der Waals surface area contributed by atoms with Crippen LogP contribution in [0.4, 0.5) is 0 Å². The molecule has 0 aromatic heterocycles. The van der Waals surface area contributed by atoms with E-state index in [9.17, 15) is 10.2 Å². The maximum absolute atomic E-state index is 9.20. The Morgan fingerprint density at radius 3 is 2.08 bits per heavy atom. The predicted octanol–water partition coefficient (Wildman–Crippen LogP) is 0.255. The van der Waals surface area contributed by atoms with Gasteiger partial charge in [0, 0.05) is 6.61 Å². The first-order valence-electron chi connectivity index (χ1n) is 9.68. The topological polar surface area (TPSA) is 136 Å². The van der Waals surface area contributed by atoms with E-state index >= 15 is 0 Å². The maximum atomic E-state index is 9.20. The van der Waals surface area contributed by atoms with E-state index in [2.05, 4.69) is 0 Å². The lowest BCUT2D eigenvalue weighted by atomic mass is 9.85. The Kier molecular flexibility index (Phi) is 11.8. The van der Waals surface area contributed by atoms with E-state index in [1.54, 1.807) is 0 Å². The molecule has 1 aliphatic heterocycles. The van der Waals surface area contributed by atoms with Gasteiger partial charge in [-0.3, -0.25) is 0 Å². The van der Waals surface area contributed by atoms with Gasteiger partial charge in [0.1, 0.15) is 18.3 Å². The molecule has 25 heavy (non-hydrogen) atoms. The number of aliphatic hydroxyl groups is 5. The summed E-state index contributed by atoms with van der Waals surface area (Å²) in [5.74, 6) is 1.04. The highest BCUT2D eigenvalue weighted by molar-refractivity contribution is 4.90. The molecule has 2 aliphatic rings. The fraction of sp³-hybridized carbons (Fsp3) is 1.00. The summed E-state index contributed by atoms with van der Waals surface area (Å²) in [6, 6.07) is -1.04. The molecule has 1 unspecified atom stereocenters. The Balaban J connectivity index is 0.000000251. The van der Waals surface area contributed by atoms with Crippen molar-refractivity contribution in [2.24, 2.45) is 11.7 Å². The zero-order chi connectivity index (χ0) is 18.7. The quantitative estimate of drug-likeness (QED) is 0.357. The van der Waals surface area contributed by atoms with E-state index in [0.717, 1.165) is 12.3 Å². The largest absolute Gasteiger partial charge is 0.396 e. The smallest absolute Gasteiger partial charge is 0.173 e. The van der Waals surface area contributed by atoms with Gasteiger partial charge in [-0.2, -0.15) is 0 Å². The zero-order valence-corrected chi connectivity index (χ0v) is 15.2. The van der Waals surface area contributed by atoms with Crippen LogP contribution in [-0.2, 0) is 4.74 Å². The van der Waals surface area contributed by atoms with Crippen molar-refractivity contribution >= 4 is 0 Å². The fourth-order valence-electron chi connectivity index (χ4n) is 3.49. The molecule has 150 valence electrons. The second kappa shape index (κ2) is 13.0. The van der Waals surface area contributed by atoms with Gasteiger partial charge < -0.3 is 36.0 Å². The predicted molar refractivity (Wildman–Crippen MR) is 94.7 cm³/mol. The van der Waals surface area contributed by atoms with Crippen molar-refractivity contribution in [3.63, 3.8) is 0 Å². The van der Waals surface area contributed by atoms with Crippen LogP contribution >= 0.6 is 0 Å². The van der Waals surface area contributed by atoms with E-state index in [0.29, 0.717) is 6.61 Å². The van der Waals surface area contributed by atoms with Crippen LogP contribution in [0.2, 0.25) is 0 Å². The molecule has 0 bridgehead atoms. The van der Waals surface area contributed by atoms with Crippen LogP contribution in [-0.4, -0.2) is 69.4 Å². The summed E-state index contributed by atoms with van der Waals surface area (Å²) in [6.07, 6.45) is 8.94. The number of aliphatic hydroxyl groups excluding tert-OH is 5. The average molecular weight is 363 g/mol. The second-order valence-electron chi connectivity index (χ2n) is 7.24. The fourth-order valence-corrected chi connectivity index (χ4v) is 3.49. The van der Waals surface area contributed by atoms with Gasteiger partial charge >= 0.3 is 0 Å². The SMILES string of the molecule is N[C@H]1C(O)O[C@H](CO)[C@@H](O)[C@@H]1O.OCCCCCCC1CCCCC1. The van der Waals surface area contributed by atoms with Crippen LogP contribution in [0.5, 0.6) is 0 Å². The highest BCUT2D eigenvalue weighted by Gasteiger charge is 2.41. The Labute approximate surface area is 150 Å². The highest BCUT2D eigenvalue weighted by Crippen LogP contribution is 2.27. The van der Waals surface area contributed by atoms with Gasteiger partial charge in [0.25, 0.3) is 0 Å². The molecule has 5 atom stereocenters. The third-order valence-electron chi connectivity index (χ3n) is 5.19. The highest BCUT2D eigenvalue weighted by atomic mass is 16.6. The number of unbranched alkanes of at least 4 members (excludes halogenated alkanes) is 3. The Morgan fingerprint density at radius 2 is 1.48 bits per heavy atom. The van der Waals surface area contributed by atoms with E-state index in [-0.39, 0.29) is 0 Å². The van der Waals surface area contributed by atoms with Crippen molar-refractivity contribution in [2.45, 2.75) is 94.9 Å². The zero-order valence-electron chi connectivity index (χ0n) is 15.2. The molecule has 7 nitrogen and oxygen atoms in total. The van der Waals surface area contributed by atoms with Crippen LogP contribution in [0.15, 0.2) is 0 Å². The van der Waals surface area contributed by atoms with Gasteiger partial charge in [0.05, 0.1) is 12.6 Å². The molecule has 1 saturated heterocycles. The van der Waals surface area contributed by atoms with Crippen LogP contribution < -0.4 is 5.73 Å². The minimum atomic E-state index is -1.35. The summed E-state index contributed by atoms with van der Waals surface area (Å²) in [7, 11) is 0. The standard InChI is InChI=1S/C12H24O.C6H13NO5/c13-11-7-2-1-4-8-12-9-5-3-6-10-12;7-3-5(10)4(9)2(1-8)12-6(3)11/h12-13H,1-11H2;2-6,8-11H,1,7H2/t;2-,3-,4-,5-,6?/m.1/s1. The van der Waals surface area contributed by atoms with Crippen LogP contribution in [0.25, 0.3) is 0 Å². The van der Waals surface area contributed by atoms with Crippen molar-refractivity contribution in [1.29, 1.82) is 0 Å². The maximum Gasteiger partial charge on any atom is 0.173 e. The molecule has 1 saturated carbocycles. The van der Waals surface area contributed by atoms with E-state index in [4.69, 9.17) is 25.8 Å². The molecular formula is C18H37NO6. The molecule has 0 amide bonds. The summed E-state index contributed by atoms with van der Waals surface area (Å²) in [6.45, 7) is -0.0918.